The Bertz CT molecular complexity index is 497. The minimum atomic E-state index is -1.23. The van der Waals surface area contributed by atoms with Crippen molar-refractivity contribution in [1.82, 2.24) is 10.2 Å². The summed E-state index contributed by atoms with van der Waals surface area (Å²) >= 11 is 0. The third-order valence-electron chi connectivity index (χ3n) is 3.33. The Hall–Kier alpha value is -1.88. The number of nitrogens with one attached hydrogen (secondary N) is 1. The maximum Gasteiger partial charge on any atom is 0.329 e. The van der Waals surface area contributed by atoms with Crippen molar-refractivity contribution in [3.63, 3.8) is 0 Å². The lowest BCUT2D eigenvalue weighted by atomic mass is 9.95. The van der Waals surface area contributed by atoms with Crippen molar-refractivity contribution in [3.05, 3.63) is 35.4 Å². The topological polar surface area (TPSA) is 69.6 Å². The van der Waals surface area contributed by atoms with Crippen LogP contribution in [0.3, 0.4) is 0 Å². The van der Waals surface area contributed by atoms with Crippen molar-refractivity contribution in [1.29, 1.82) is 0 Å². The minimum absolute atomic E-state index is 0.357. The lowest BCUT2D eigenvalue weighted by molar-refractivity contribution is -0.144. The third-order valence-corrected chi connectivity index (χ3v) is 3.33. The number of hydrogen-bond acceptors (Lipinski definition) is 3. The Labute approximate surface area is 126 Å². The van der Waals surface area contributed by atoms with Gasteiger partial charge in [0.1, 0.15) is 5.54 Å². The van der Waals surface area contributed by atoms with Gasteiger partial charge in [-0.2, -0.15) is 0 Å². The van der Waals surface area contributed by atoms with Gasteiger partial charge in [-0.05, 0) is 45.1 Å². The molecule has 1 unspecified atom stereocenters. The zero-order chi connectivity index (χ0) is 16.0. The van der Waals surface area contributed by atoms with Gasteiger partial charge in [0.25, 0.3) is 5.91 Å². The first-order valence-corrected chi connectivity index (χ1v) is 7.08. The van der Waals surface area contributed by atoms with Gasteiger partial charge in [-0.25, -0.2) is 4.79 Å². The molecule has 1 amide bonds. The maximum absolute atomic E-state index is 12.2. The molecule has 1 aromatic carbocycles. The predicted octanol–water partition coefficient (Wildman–Crippen LogP) is 2.12. The van der Waals surface area contributed by atoms with E-state index in [1.165, 1.54) is 6.92 Å². The van der Waals surface area contributed by atoms with Crippen LogP contribution < -0.4 is 5.32 Å². The van der Waals surface area contributed by atoms with Crippen molar-refractivity contribution in [2.24, 2.45) is 0 Å². The minimum Gasteiger partial charge on any atom is -0.480 e. The molecule has 2 N–H and O–H groups in total. The maximum atomic E-state index is 12.2. The zero-order valence-corrected chi connectivity index (χ0v) is 13.1. The molecular formula is C16H24N2O3. The van der Waals surface area contributed by atoms with Crippen LogP contribution in [-0.2, 0) is 11.3 Å². The highest BCUT2D eigenvalue weighted by atomic mass is 16.4. The van der Waals surface area contributed by atoms with Gasteiger partial charge in [0.2, 0.25) is 0 Å². The molecule has 0 saturated heterocycles. The summed E-state index contributed by atoms with van der Waals surface area (Å²) in [5.41, 5.74) is 0.348. The molecule has 0 aliphatic rings. The van der Waals surface area contributed by atoms with Crippen molar-refractivity contribution < 1.29 is 14.7 Å². The highest BCUT2D eigenvalue weighted by Crippen LogP contribution is 2.14. The molecule has 116 valence electrons. The van der Waals surface area contributed by atoms with Crippen molar-refractivity contribution in [2.45, 2.75) is 38.8 Å². The van der Waals surface area contributed by atoms with E-state index in [1.807, 2.05) is 38.1 Å². The summed E-state index contributed by atoms with van der Waals surface area (Å²) in [5, 5.41) is 11.9. The molecule has 0 saturated carbocycles. The molecule has 0 aliphatic heterocycles. The van der Waals surface area contributed by atoms with Crippen LogP contribution in [0.25, 0.3) is 0 Å². The van der Waals surface area contributed by atoms with Gasteiger partial charge >= 0.3 is 5.97 Å². The Morgan fingerprint density at radius 3 is 2.24 bits per heavy atom. The molecular weight excluding hydrogens is 268 g/mol. The summed E-state index contributed by atoms with van der Waals surface area (Å²) in [7, 11) is 3.95. The van der Waals surface area contributed by atoms with Gasteiger partial charge in [-0.1, -0.05) is 25.5 Å². The molecule has 0 spiro atoms. The van der Waals surface area contributed by atoms with Crippen LogP contribution in [0.2, 0.25) is 0 Å². The summed E-state index contributed by atoms with van der Waals surface area (Å²) < 4.78 is 0. The summed E-state index contributed by atoms with van der Waals surface area (Å²) in [5.74, 6) is -1.37. The second-order valence-electron chi connectivity index (χ2n) is 5.78. The fourth-order valence-electron chi connectivity index (χ4n) is 2.17. The average molecular weight is 292 g/mol. The van der Waals surface area contributed by atoms with Crippen LogP contribution in [0.1, 0.15) is 42.6 Å². The number of amides is 1. The largest absolute Gasteiger partial charge is 0.480 e. The highest BCUT2D eigenvalue weighted by Gasteiger charge is 2.33. The van der Waals surface area contributed by atoms with Gasteiger partial charge in [-0.3, -0.25) is 4.79 Å². The van der Waals surface area contributed by atoms with Gasteiger partial charge in [-0.15, -0.1) is 0 Å². The Morgan fingerprint density at radius 1 is 1.24 bits per heavy atom. The molecule has 5 heteroatoms. The molecule has 21 heavy (non-hydrogen) atoms. The number of aliphatic carboxylic acids is 1. The van der Waals surface area contributed by atoms with Crippen LogP contribution in [-0.4, -0.2) is 41.5 Å². The number of carbonyl (C=O) groups is 2. The summed E-state index contributed by atoms with van der Waals surface area (Å²) in [6.45, 7) is 4.23. The summed E-state index contributed by atoms with van der Waals surface area (Å²) in [4.78, 5) is 25.6. The van der Waals surface area contributed by atoms with Gasteiger partial charge < -0.3 is 15.3 Å². The molecule has 5 nitrogen and oxygen atoms in total. The van der Waals surface area contributed by atoms with E-state index in [0.29, 0.717) is 18.4 Å². The molecule has 1 atom stereocenters. The second kappa shape index (κ2) is 7.22. The molecule has 0 radical (unpaired) electrons. The Kier molecular flexibility index (Phi) is 5.90. The van der Waals surface area contributed by atoms with Crippen LogP contribution >= 0.6 is 0 Å². The normalized spacial score (nSPS) is 13.8. The number of benzene rings is 1. The zero-order valence-electron chi connectivity index (χ0n) is 13.1. The Balaban J connectivity index is 2.81. The first kappa shape index (κ1) is 17.2. The van der Waals surface area contributed by atoms with E-state index < -0.39 is 11.5 Å². The highest BCUT2D eigenvalue weighted by molar-refractivity contribution is 5.97. The predicted molar refractivity (Wildman–Crippen MR) is 82.2 cm³/mol. The lowest BCUT2D eigenvalue weighted by Gasteiger charge is -2.25. The number of carbonyl (C=O) groups excluding carboxylic acids is 1. The number of hydrogen-bond donors (Lipinski definition) is 2. The molecule has 0 bridgehead atoms. The second-order valence-corrected chi connectivity index (χ2v) is 5.78. The molecule has 0 aliphatic carbocycles. The van der Waals surface area contributed by atoms with E-state index in [4.69, 9.17) is 0 Å². The van der Waals surface area contributed by atoms with Gasteiger partial charge in [0.05, 0.1) is 0 Å². The molecule has 0 heterocycles. The van der Waals surface area contributed by atoms with Crippen LogP contribution in [0.4, 0.5) is 0 Å². The molecule has 1 rings (SSSR count). The standard InChI is InChI=1S/C16H24N2O3/c1-5-10-16(2,15(20)21)17-14(19)13-8-6-12(7-9-13)11-18(3)4/h6-9H,5,10-11H2,1-4H3,(H,17,19)(H,20,21). The van der Waals surface area contributed by atoms with Crippen LogP contribution in [0.15, 0.2) is 24.3 Å². The quantitative estimate of drug-likeness (QED) is 0.807. The van der Waals surface area contributed by atoms with Crippen LogP contribution in [0, 0.1) is 0 Å². The summed E-state index contributed by atoms with van der Waals surface area (Å²) in [6, 6.07) is 7.21. The first-order valence-electron chi connectivity index (χ1n) is 7.08. The van der Waals surface area contributed by atoms with E-state index >= 15 is 0 Å². The molecule has 0 aromatic heterocycles. The van der Waals surface area contributed by atoms with Crippen molar-refractivity contribution >= 4 is 11.9 Å². The smallest absolute Gasteiger partial charge is 0.329 e. The fourth-order valence-corrected chi connectivity index (χ4v) is 2.17. The van der Waals surface area contributed by atoms with E-state index in [9.17, 15) is 14.7 Å². The average Bonchev–Trinajstić information content (AvgIpc) is 2.38. The third kappa shape index (κ3) is 4.86. The number of carboxylic acid groups (broad SMARTS) is 1. The SMILES string of the molecule is CCCC(C)(NC(=O)c1ccc(CN(C)C)cc1)C(=O)O. The molecule has 0 fully saturated rings. The Morgan fingerprint density at radius 2 is 1.81 bits per heavy atom. The number of carboxylic acids is 1. The van der Waals surface area contributed by atoms with E-state index in [2.05, 4.69) is 5.32 Å². The van der Waals surface area contributed by atoms with Crippen LogP contribution in [0.5, 0.6) is 0 Å². The lowest BCUT2D eigenvalue weighted by Crippen LogP contribution is -2.52. The van der Waals surface area contributed by atoms with Crippen molar-refractivity contribution in [3.8, 4) is 0 Å². The number of nitrogens with zero attached hydrogens (tertiary/aromatic N) is 1. The van der Waals surface area contributed by atoms with Gasteiger partial charge in [0.15, 0.2) is 0 Å². The fraction of sp³-hybridized carbons (Fsp3) is 0.500. The van der Waals surface area contributed by atoms with Gasteiger partial charge in [0, 0.05) is 12.1 Å². The first-order chi connectivity index (χ1) is 9.78. The summed E-state index contributed by atoms with van der Waals surface area (Å²) in [6.07, 6.45) is 1.08. The molecule has 1 aromatic rings. The van der Waals surface area contributed by atoms with E-state index in [0.717, 1.165) is 12.1 Å². The monoisotopic (exact) mass is 292 g/mol. The number of rotatable bonds is 7. The van der Waals surface area contributed by atoms with E-state index in [1.54, 1.807) is 12.1 Å². The van der Waals surface area contributed by atoms with E-state index in [-0.39, 0.29) is 5.91 Å². The van der Waals surface area contributed by atoms with Crippen molar-refractivity contribution in [2.75, 3.05) is 14.1 Å².